The average molecular weight is 910 g/mol. The molecule has 0 aromatic heterocycles. The predicted molar refractivity (Wildman–Crippen MR) is 252 cm³/mol. The number of carbonyl (C=O) groups excluding carboxylic acids is 4. The maximum Gasteiger partial charge on any atom is 0.369 e. The molecule has 12 heteroatoms. The number of ether oxygens (including phenoxy) is 5. The summed E-state index contributed by atoms with van der Waals surface area (Å²) < 4.78 is 30.4. The van der Waals surface area contributed by atoms with E-state index in [1.165, 1.54) is 77.0 Å². The van der Waals surface area contributed by atoms with E-state index in [2.05, 4.69) is 19.2 Å². The first kappa shape index (κ1) is 55.5. The number of rotatable bonds is 35. The van der Waals surface area contributed by atoms with Crippen LogP contribution in [0.5, 0.6) is 0 Å². The van der Waals surface area contributed by atoms with Gasteiger partial charge in [-0.05, 0) is 37.8 Å². The van der Waals surface area contributed by atoms with Gasteiger partial charge in [-0.15, -0.1) is 0 Å². The molecule has 1 aliphatic heterocycles. The first-order valence-corrected chi connectivity index (χ1v) is 25.1. The number of hydrogen-bond acceptors (Lipinski definition) is 11. The van der Waals surface area contributed by atoms with Gasteiger partial charge in [0, 0.05) is 12.8 Å². The van der Waals surface area contributed by atoms with E-state index < -0.39 is 66.2 Å². The number of amides is 1. The Hall–Kier alpha value is -3.84. The van der Waals surface area contributed by atoms with Crippen LogP contribution in [-0.2, 0) is 56.1 Å². The van der Waals surface area contributed by atoms with Crippen molar-refractivity contribution in [3.63, 3.8) is 0 Å². The fourth-order valence-corrected chi connectivity index (χ4v) is 8.50. The lowest BCUT2D eigenvalue weighted by atomic mass is 9.76. The Kier molecular flexibility index (Phi) is 27.3. The monoisotopic (exact) mass is 910 g/mol. The zero-order valence-electron chi connectivity index (χ0n) is 40.2. The molecule has 3 rings (SSSR count). The summed E-state index contributed by atoms with van der Waals surface area (Å²) in [5.41, 5.74) is -1.63. The summed E-state index contributed by atoms with van der Waals surface area (Å²) in [7, 11) is 0. The predicted octanol–water partition coefficient (Wildman–Crippen LogP) is 10.5. The molecule has 0 spiro atoms. The second kappa shape index (κ2) is 32.0. The lowest BCUT2D eigenvalue weighted by molar-refractivity contribution is -0.352. The maximum atomic E-state index is 14.9. The molecule has 12 nitrogen and oxygen atoms in total. The highest BCUT2D eigenvalue weighted by Crippen LogP contribution is 2.43. The zero-order valence-corrected chi connectivity index (χ0v) is 40.2. The third kappa shape index (κ3) is 19.1. The lowest BCUT2D eigenvalue weighted by Crippen LogP contribution is -2.82. The first-order valence-electron chi connectivity index (χ1n) is 25.1. The molecule has 5 atom stereocenters. The standard InChI is InChI=1S/C53H83NO11/c1-5-7-9-11-13-15-17-19-21-23-31-37-46(56)54-49-52(50(59)61-40-43-33-27-25-28-34-43,65-47(57)38-32-24-22-20-18-16-14-12-10-8-6-2)48(58)45(39-55)64-53(49,63-42(3)4)51(60)62-41-44-35-29-26-30-36-44/h25-30,33-36,42,45,48-49,55,58H,5-24,31-32,37-41H2,1-4H3,(H,54,56)/t45-,48-,49-,52+,53-/m1/s1. The van der Waals surface area contributed by atoms with Crippen LogP contribution in [-0.4, -0.2) is 76.4 Å². The van der Waals surface area contributed by atoms with Gasteiger partial charge in [0.1, 0.15) is 31.5 Å². The van der Waals surface area contributed by atoms with Crippen molar-refractivity contribution in [3.8, 4) is 0 Å². The van der Waals surface area contributed by atoms with Gasteiger partial charge in [-0.2, -0.15) is 0 Å². The summed E-state index contributed by atoms with van der Waals surface area (Å²) in [5, 5.41) is 25.8. The smallest absolute Gasteiger partial charge is 0.369 e. The van der Waals surface area contributed by atoms with Crippen molar-refractivity contribution < 1.29 is 53.1 Å². The minimum absolute atomic E-state index is 0.00824. The number of nitrogens with one attached hydrogen (secondary N) is 1. The van der Waals surface area contributed by atoms with Crippen molar-refractivity contribution in [3.05, 3.63) is 71.8 Å². The molecule has 0 radical (unpaired) electrons. The molecule has 1 saturated heterocycles. The third-order valence-electron chi connectivity index (χ3n) is 12.1. The van der Waals surface area contributed by atoms with Crippen LogP contribution in [0.3, 0.4) is 0 Å². The van der Waals surface area contributed by atoms with Crippen molar-refractivity contribution in [1.82, 2.24) is 5.32 Å². The van der Waals surface area contributed by atoms with Crippen molar-refractivity contribution in [1.29, 1.82) is 0 Å². The molecule has 1 amide bonds. The molecule has 1 aliphatic rings. The van der Waals surface area contributed by atoms with Crippen LogP contribution in [0.25, 0.3) is 0 Å². The molecule has 3 N–H and O–H groups in total. The first-order chi connectivity index (χ1) is 31.5. The minimum Gasteiger partial charge on any atom is -0.458 e. The number of esters is 3. The highest BCUT2D eigenvalue weighted by molar-refractivity contribution is 5.91. The molecule has 2 aromatic rings. The molecule has 366 valence electrons. The van der Waals surface area contributed by atoms with Gasteiger partial charge in [0.25, 0.3) is 11.4 Å². The van der Waals surface area contributed by atoms with Crippen LogP contribution in [0.15, 0.2) is 60.7 Å². The molecule has 65 heavy (non-hydrogen) atoms. The molecule has 0 saturated carbocycles. The topological polar surface area (TPSA) is 167 Å². The Morgan fingerprint density at radius 2 is 1.03 bits per heavy atom. The van der Waals surface area contributed by atoms with E-state index in [1.807, 2.05) is 6.07 Å². The number of aliphatic hydroxyl groups excluding tert-OH is 2. The second-order valence-electron chi connectivity index (χ2n) is 18.1. The Balaban J connectivity index is 1.95. The van der Waals surface area contributed by atoms with Gasteiger partial charge < -0.3 is 39.2 Å². The van der Waals surface area contributed by atoms with Crippen molar-refractivity contribution in [2.24, 2.45) is 0 Å². The number of hydrogen-bond donors (Lipinski definition) is 3. The summed E-state index contributed by atoms with van der Waals surface area (Å²) in [5.74, 6) is -6.60. The Morgan fingerprint density at radius 1 is 0.615 bits per heavy atom. The van der Waals surface area contributed by atoms with Gasteiger partial charge in [-0.3, -0.25) is 9.59 Å². The van der Waals surface area contributed by atoms with Gasteiger partial charge in [0.2, 0.25) is 5.91 Å². The van der Waals surface area contributed by atoms with Crippen LogP contribution in [0.1, 0.15) is 193 Å². The van der Waals surface area contributed by atoms with Crippen molar-refractivity contribution in [2.45, 2.75) is 231 Å². The maximum absolute atomic E-state index is 14.9. The molecule has 0 unspecified atom stereocenters. The summed E-state index contributed by atoms with van der Waals surface area (Å²) >= 11 is 0. The van der Waals surface area contributed by atoms with Crippen LogP contribution in [0.4, 0.5) is 0 Å². The van der Waals surface area contributed by atoms with Crippen LogP contribution >= 0.6 is 0 Å². The van der Waals surface area contributed by atoms with Crippen LogP contribution < -0.4 is 5.32 Å². The molecule has 0 aliphatic carbocycles. The van der Waals surface area contributed by atoms with Crippen LogP contribution in [0.2, 0.25) is 0 Å². The fraction of sp³-hybridized carbons (Fsp3) is 0.698. The number of unbranched alkanes of at least 4 members (excludes halogenated alkanes) is 20. The molecule has 1 fully saturated rings. The van der Waals surface area contributed by atoms with Gasteiger partial charge in [-0.1, -0.05) is 203 Å². The number of benzene rings is 2. The summed E-state index contributed by atoms with van der Waals surface area (Å²) in [6.45, 7) is 6.18. The number of carbonyl (C=O) groups is 4. The second-order valence-corrected chi connectivity index (χ2v) is 18.1. The van der Waals surface area contributed by atoms with E-state index in [-0.39, 0.29) is 26.1 Å². The van der Waals surface area contributed by atoms with Crippen LogP contribution in [0, 0.1) is 0 Å². The highest BCUT2D eigenvalue weighted by atomic mass is 16.8. The summed E-state index contributed by atoms with van der Waals surface area (Å²) in [6, 6.07) is 15.6. The highest BCUT2D eigenvalue weighted by Gasteiger charge is 2.74. The molecular weight excluding hydrogens is 827 g/mol. The van der Waals surface area contributed by atoms with E-state index in [0.717, 1.165) is 51.4 Å². The van der Waals surface area contributed by atoms with E-state index in [0.29, 0.717) is 24.0 Å². The Morgan fingerprint density at radius 3 is 1.46 bits per heavy atom. The SMILES string of the molecule is CCCCCCCCCCCCCC(=O)N[C@H]1[C@](OC(C)C)(C(=O)OCc2ccccc2)O[C@H](CO)[C@@H](O)[C@@]1(OC(=O)CCCCCCCCCCCCC)C(=O)OCc1ccccc1. The minimum atomic E-state index is -2.84. The lowest BCUT2D eigenvalue weighted by Gasteiger charge is -2.54. The average Bonchev–Trinajstić information content (AvgIpc) is 3.30. The summed E-state index contributed by atoms with van der Waals surface area (Å²) in [4.78, 5) is 57.9. The molecule has 0 bridgehead atoms. The van der Waals surface area contributed by atoms with Gasteiger partial charge in [-0.25, -0.2) is 9.59 Å². The molecule has 1 heterocycles. The number of aliphatic hydroxyl groups is 2. The molecule has 2 aromatic carbocycles. The quantitative estimate of drug-likeness (QED) is 0.0342. The van der Waals surface area contributed by atoms with Crippen molar-refractivity contribution >= 4 is 23.8 Å². The van der Waals surface area contributed by atoms with E-state index in [9.17, 15) is 29.4 Å². The fourth-order valence-electron chi connectivity index (χ4n) is 8.50. The zero-order chi connectivity index (χ0) is 47.2. The van der Waals surface area contributed by atoms with Gasteiger partial charge in [0.15, 0.2) is 0 Å². The van der Waals surface area contributed by atoms with E-state index in [4.69, 9.17) is 23.7 Å². The molecular formula is C53H83NO11. The van der Waals surface area contributed by atoms with Gasteiger partial charge >= 0.3 is 17.9 Å². The Labute approximate surface area is 390 Å². The van der Waals surface area contributed by atoms with Crippen molar-refractivity contribution in [2.75, 3.05) is 6.61 Å². The largest absolute Gasteiger partial charge is 0.458 e. The van der Waals surface area contributed by atoms with E-state index in [1.54, 1.807) is 68.4 Å². The Bertz CT molecular complexity index is 1610. The summed E-state index contributed by atoms with van der Waals surface area (Å²) in [6.07, 6.45) is 18.6. The third-order valence-corrected chi connectivity index (χ3v) is 12.1. The normalized spacial score (nSPS) is 20.6. The van der Waals surface area contributed by atoms with E-state index >= 15 is 0 Å². The van der Waals surface area contributed by atoms with Gasteiger partial charge in [0.05, 0.1) is 12.7 Å².